The van der Waals surface area contributed by atoms with Gasteiger partial charge in [-0.3, -0.25) is 0 Å². The molecule has 0 aliphatic heterocycles. The summed E-state index contributed by atoms with van der Waals surface area (Å²) in [6.45, 7) is 2.98. The van der Waals surface area contributed by atoms with Crippen molar-refractivity contribution < 1.29 is 9.13 Å². The van der Waals surface area contributed by atoms with Gasteiger partial charge in [-0.2, -0.15) is 0 Å². The van der Waals surface area contributed by atoms with Crippen LogP contribution in [0.1, 0.15) is 11.1 Å². The summed E-state index contributed by atoms with van der Waals surface area (Å²) in [4.78, 5) is 0. The number of likely N-dealkylation sites (N-methyl/N-ethyl adjacent to an activating group) is 1. The molecule has 2 aromatic carbocycles. The molecule has 1 N–H and O–H groups in total. The third-order valence-electron chi connectivity index (χ3n) is 3.02. The van der Waals surface area contributed by atoms with Crippen molar-refractivity contribution in [2.45, 2.75) is 13.3 Å². The van der Waals surface area contributed by atoms with Crippen molar-refractivity contribution >= 4 is 0 Å². The first kappa shape index (κ1) is 13.6. The van der Waals surface area contributed by atoms with Crippen molar-refractivity contribution in [2.75, 3.05) is 13.6 Å². The summed E-state index contributed by atoms with van der Waals surface area (Å²) in [6.07, 6.45) is 0.975. The molecule has 2 nitrogen and oxygen atoms in total. The van der Waals surface area contributed by atoms with Gasteiger partial charge in [-0.05, 0) is 62.3 Å². The fourth-order valence-corrected chi connectivity index (χ4v) is 1.93. The SMILES string of the molecule is CNCCc1ccc(Oc2ccccc2F)cc1C. The zero-order chi connectivity index (χ0) is 13.7. The second-order valence-corrected chi connectivity index (χ2v) is 4.47. The number of hydrogen-bond donors (Lipinski definition) is 1. The Bertz CT molecular complexity index is 554. The van der Waals surface area contributed by atoms with Gasteiger partial charge >= 0.3 is 0 Å². The molecule has 0 aliphatic carbocycles. The van der Waals surface area contributed by atoms with E-state index in [4.69, 9.17) is 4.74 Å². The summed E-state index contributed by atoms with van der Waals surface area (Å²) in [5.41, 5.74) is 2.43. The summed E-state index contributed by atoms with van der Waals surface area (Å²) in [6, 6.07) is 12.3. The van der Waals surface area contributed by atoms with Crippen LogP contribution in [-0.2, 0) is 6.42 Å². The Kier molecular flexibility index (Phi) is 4.53. The Morgan fingerprint density at radius 2 is 1.95 bits per heavy atom. The number of hydrogen-bond acceptors (Lipinski definition) is 2. The number of aryl methyl sites for hydroxylation is 1. The molecule has 0 atom stereocenters. The quantitative estimate of drug-likeness (QED) is 0.884. The maximum Gasteiger partial charge on any atom is 0.165 e. The number of nitrogens with one attached hydrogen (secondary N) is 1. The minimum Gasteiger partial charge on any atom is -0.454 e. The predicted molar refractivity (Wildman–Crippen MR) is 75.3 cm³/mol. The highest BCUT2D eigenvalue weighted by atomic mass is 19.1. The van der Waals surface area contributed by atoms with Crippen molar-refractivity contribution in [1.29, 1.82) is 0 Å². The van der Waals surface area contributed by atoms with E-state index in [0.29, 0.717) is 5.75 Å². The van der Waals surface area contributed by atoms with E-state index < -0.39 is 0 Å². The van der Waals surface area contributed by atoms with Crippen LogP contribution < -0.4 is 10.1 Å². The Morgan fingerprint density at radius 1 is 1.16 bits per heavy atom. The van der Waals surface area contributed by atoms with Crippen LogP contribution in [-0.4, -0.2) is 13.6 Å². The largest absolute Gasteiger partial charge is 0.454 e. The molecule has 19 heavy (non-hydrogen) atoms. The Labute approximate surface area is 113 Å². The third kappa shape index (κ3) is 3.55. The lowest BCUT2D eigenvalue weighted by atomic mass is 10.1. The first-order valence-corrected chi connectivity index (χ1v) is 6.37. The zero-order valence-electron chi connectivity index (χ0n) is 11.2. The molecule has 0 saturated carbocycles. The highest BCUT2D eigenvalue weighted by Crippen LogP contribution is 2.25. The molecule has 0 bridgehead atoms. The van der Waals surface area contributed by atoms with Crippen molar-refractivity contribution in [1.82, 2.24) is 5.32 Å². The third-order valence-corrected chi connectivity index (χ3v) is 3.02. The van der Waals surface area contributed by atoms with E-state index in [1.165, 1.54) is 11.6 Å². The molecule has 0 spiro atoms. The Balaban J connectivity index is 2.14. The van der Waals surface area contributed by atoms with E-state index in [0.717, 1.165) is 18.5 Å². The average Bonchev–Trinajstić information content (AvgIpc) is 2.40. The molecular formula is C16H18FNO. The summed E-state index contributed by atoms with van der Waals surface area (Å²) in [5.74, 6) is 0.570. The second kappa shape index (κ2) is 6.34. The summed E-state index contributed by atoms with van der Waals surface area (Å²) < 4.78 is 19.0. The molecule has 0 saturated heterocycles. The predicted octanol–water partition coefficient (Wildman–Crippen LogP) is 3.69. The second-order valence-electron chi connectivity index (χ2n) is 4.47. The lowest BCUT2D eigenvalue weighted by molar-refractivity contribution is 0.442. The van der Waals surface area contributed by atoms with Gasteiger partial charge < -0.3 is 10.1 Å². The number of rotatable bonds is 5. The highest BCUT2D eigenvalue weighted by molar-refractivity contribution is 5.38. The van der Waals surface area contributed by atoms with Gasteiger partial charge in [0.2, 0.25) is 0 Å². The minimum atomic E-state index is -0.348. The molecule has 2 aromatic rings. The highest BCUT2D eigenvalue weighted by Gasteiger charge is 2.05. The van der Waals surface area contributed by atoms with Crippen LogP contribution in [0, 0.1) is 12.7 Å². The van der Waals surface area contributed by atoms with E-state index in [1.54, 1.807) is 18.2 Å². The molecule has 100 valence electrons. The molecule has 0 aromatic heterocycles. The van der Waals surface area contributed by atoms with Gasteiger partial charge in [0.15, 0.2) is 11.6 Å². The normalized spacial score (nSPS) is 10.5. The van der Waals surface area contributed by atoms with E-state index in [9.17, 15) is 4.39 Å². The van der Waals surface area contributed by atoms with Gasteiger partial charge in [0, 0.05) is 0 Å². The van der Waals surface area contributed by atoms with Gasteiger partial charge in [-0.25, -0.2) is 4.39 Å². The van der Waals surface area contributed by atoms with Crippen LogP contribution >= 0.6 is 0 Å². The topological polar surface area (TPSA) is 21.3 Å². The summed E-state index contributed by atoms with van der Waals surface area (Å²) in [7, 11) is 1.94. The van der Waals surface area contributed by atoms with Gasteiger partial charge in [0.05, 0.1) is 0 Å². The standard InChI is InChI=1S/C16H18FNO/c1-12-11-14(8-7-13(12)9-10-18-2)19-16-6-4-3-5-15(16)17/h3-8,11,18H,9-10H2,1-2H3. The van der Waals surface area contributed by atoms with Crippen LogP contribution in [0.3, 0.4) is 0 Å². The summed E-state index contributed by atoms with van der Waals surface area (Å²) >= 11 is 0. The Morgan fingerprint density at radius 3 is 2.63 bits per heavy atom. The van der Waals surface area contributed by atoms with Crippen molar-refractivity contribution in [3.8, 4) is 11.5 Å². The van der Waals surface area contributed by atoms with Crippen LogP contribution in [0.15, 0.2) is 42.5 Å². The molecule has 0 fully saturated rings. The summed E-state index contributed by atoms with van der Waals surface area (Å²) in [5, 5.41) is 3.12. The maximum absolute atomic E-state index is 13.5. The van der Waals surface area contributed by atoms with Crippen LogP contribution in [0.4, 0.5) is 4.39 Å². The van der Waals surface area contributed by atoms with E-state index in [1.807, 2.05) is 32.2 Å². The molecule has 0 radical (unpaired) electrons. The van der Waals surface area contributed by atoms with Crippen LogP contribution in [0.25, 0.3) is 0 Å². The molecule has 0 unspecified atom stereocenters. The monoisotopic (exact) mass is 259 g/mol. The molecule has 0 amide bonds. The van der Waals surface area contributed by atoms with Crippen molar-refractivity contribution in [3.63, 3.8) is 0 Å². The number of benzene rings is 2. The van der Waals surface area contributed by atoms with E-state index in [-0.39, 0.29) is 11.6 Å². The molecule has 0 aliphatic rings. The van der Waals surface area contributed by atoms with Crippen LogP contribution in [0.5, 0.6) is 11.5 Å². The van der Waals surface area contributed by atoms with Crippen molar-refractivity contribution in [2.24, 2.45) is 0 Å². The first-order chi connectivity index (χ1) is 9.20. The molecule has 2 rings (SSSR count). The van der Waals surface area contributed by atoms with Crippen molar-refractivity contribution in [3.05, 3.63) is 59.4 Å². The smallest absolute Gasteiger partial charge is 0.165 e. The van der Waals surface area contributed by atoms with Gasteiger partial charge in [-0.1, -0.05) is 18.2 Å². The average molecular weight is 259 g/mol. The molecular weight excluding hydrogens is 241 g/mol. The lowest BCUT2D eigenvalue weighted by Gasteiger charge is -2.10. The first-order valence-electron chi connectivity index (χ1n) is 6.37. The Hall–Kier alpha value is -1.87. The fourth-order valence-electron chi connectivity index (χ4n) is 1.93. The number of halogens is 1. The van der Waals surface area contributed by atoms with Gasteiger partial charge in [-0.15, -0.1) is 0 Å². The lowest BCUT2D eigenvalue weighted by Crippen LogP contribution is -2.10. The number of para-hydroxylation sites is 1. The minimum absolute atomic E-state index is 0.255. The number of ether oxygens (including phenoxy) is 1. The van der Waals surface area contributed by atoms with E-state index in [2.05, 4.69) is 5.32 Å². The van der Waals surface area contributed by atoms with Gasteiger partial charge in [0.25, 0.3) is 0 Å². The maximum atomic E-state index is 13.5. The van der Waals surface area contributed by atoms with Crippen LogP contribution in [0.2, 0.25) is 0 Å². The zero-order valence-corrected chi connectivity index (χ0v) is 11.2. The van der Waals surface area contributed by atoms with Gasteiger partial charge in [0.1, 0.15) is 5.75 Å². The molecule has 3 heteroatoms. The fraction of sp³-hybridized carbons (Fsp3) is 0.250. The van der Waals surface area contributed by atoms with E-state index >= 15 is 0 Å². The molecule has 0 heterocycles.